The van der Waals surface area contributed by atoms with Crippen molar-refractivity contribution in [1.82, 2.24) is 0 Å². The Morgan fingerprint density at radius 1 is 1.00 bits per heavy atom. The van der Waals surface area contributed by atoms with Crippen LogP contribution in [0.5, 0.6) is 0 Å². The summed E-state index contributed by atoms with van der Waals surface area (Å²) in [6.45, 7) is 4.00. The molecule has 8 heavy (non-hydrogen) atoms. The molecule has 0 amide bonds. The molecule has 0 aromatic carbocycles. The van der Waals surface area contributed by atoms with Crippen LogP contribution in [0.25, 0.3) is 0 Å². The van der Waals surface area contributed by atoms with Gasteiger partial charge in [0.15, 0.2) is 0 Å². The minimum Gasteiger partial charge on any atom is -0.0885 e. The van der Waals surface area contributed by atoms with Crippen LogP contribution in [0.1, 0.15) is 40.5 Å². The Hall–Kier alpha value is -0.260. The summed E-state index contributed by atoms with van der Waals surface area (Å²) in [6.07, 6.45) is 8.50. The highest BCUT2D eigenvalue weighted by Gasteiger charge is 1.84. The van der Waals surface area contributed by atoms with Crippen LogP contribution in [0.15, 0.2) is 12.2 Å². The first-order valence-corrected chi connectivity index (χ1v) is 3.15. The topological polar surface area (TPSA) is 0 Å². The highest BCUT2D eigenvalue weighted by molar-refractivity contribution is 4.88. The number of rotatable bonds is 0. The molecule has 0 saturated heterocycles. The molecule has 0 spiro atoms. The second kappa shape index (κ2) is 9.88. The van der Waals surface area contributed by atoms with Gasteiger partial charge in [-0.25, -0.2) is 0 Å². The Balaban J connectivity index is 0. The molecule has 0 atom stereocenters. The van der Waals surface area contributed by atoms with E-state index in [1.807, 2.05) is 13.8 Å². The first-order chi connectivity index (χ1) is 3.50. The van der Waals surface area contributed by atoms with Crippen molar-refractivity contribution in [3.63, 3.8) is 0 Å². The van der Waals surface area contributed by atoms with E-state index in [0.29, 0.717) is 0 Å². The molecule has 0 heterocycles. The summed E-state index contributed by atoms with van der Waals surface area (Å²) in [5.74, 6) is 0. The second-order valence-electron chi connectivity index (χ2n) is 1.40. The fourth-order valence-corrected chi connectivity index (χ4v) is 0.589. The smallest absolute Gasteiger partial charge is 0.0348 e. The minimum absolute atomic E-state index is 0. The molecule has 0 heteroatoms. The molecule has 0 nitrogen and oxygen atoms in total. The van der Waals surface area contributed by atoms with E-state index < -0.39 is 0 Å². The maximum Gasteiger partial charge on any atom is -0.0348 e. The quantitative estimate of drug-likeness (QED) is 0.423. The molecule has 0 bridgehead atoms. The molecule has 0 aromatic rings. The van der Waals surface area contributed by atoms with Crippen molar-refractivity contribution in [2.75, 3.05) is 0 Å². The summed E-state index contributed by atoms with van der Waals surface area (Å²) >= 11 is 0. The van der Waals surface area contributed by atoms with Gasteiger partial charge in [0.25, 0.3) is 0 Å². The number of hydrogen-bond acceptors (Lipinski definition) is 0. The first-order valence-electron chi connectivity index (χ1n) is 3.15. The van der Waals surface area contributed by atoms with Crippen molar-refractivity contribution < 1.29 is 0 Å². The van der Waals surface area contributed by atoms with Gasteiger partial charge in [-0.3, -0.25) is 0 Å². The molecule has 1 aliphatic carbocycles. The average Bonchev–Trinajstić information content (AvgIpc) is 2.23. The van der Waals surface area contributed by atoms with Crippen molar-refractivity contribution in [2.45, 2.75) is 40.5 Å². The van der Waals surface area contributed by atoms with Gasteiger partial charge in [0.1, 0.15) is 0 Å². The molecule has 1 aliphatic rings. The summed E-state index contributed by atoms with van der Waals surface area (Å²) in [6, 6.07) is 0. The summed E-state index contributed by atoms with van der Waals surface area (Å²) in [5, 5.41) is 0. The zero-order chi connectivity index (χ0) is 5.54. The van der Waals surface area contributed by atoms with Gasteiger partial charge < -0.3 is 0 Å². The predicted octanol–water partition coefficient (Wildman–Crippen LogP) is 3.39. The lowest BCUT2D eigenvalue weighted by molar-refractivity contribution is 0.929. The van der Waals surface area contributed by atoms with Gasteiger partial charge in [0.05, 0.1) is 0 Å². The molecule has 50 valence electrons. The molecule has 0 aliphatic heterocycles. The van der Waals surface area contributed by atoms with Crippen LogP contribution in [-0.4, -0.2) is 0 Å². The van der Waals surface area contributed by atoms with E-state index in [1.165, 1.54) is 19.3 Å². The summed E-state index contributed by atoms with van der Waals surface area (Å²) in [4.78, 5) is 0. The number of hydrogen-bond donors (Lipinski definition) is 0. The minimum atomic E-state index is 0. The van der Waals surface area contributed by atoms with Gasteiger partial charge in [-0.15, -0.1) is 0 Å². The Bertz CT molecular complexity index is 38.0. The Labute approximate surface area is 53.6 Å². The van der Waals surface area contributed by atoms with E-state index in [-0.39, 0.29) is 7.43 Å². The highest BCUT2D eigenvalue weighted by Crippen LogP contribution is 2.05. The zero-order valence-corrected chi connectivity index (χ0v) is 5.28. The van der Waals surface area contributed by atoms with E-state index >= 15 is 0 Å². The van der Waals surface area contributed by atoms with Crippen LogP contribution in [0, 0.1) is 0 Å². The average molecular weight is 114 g/mol. The summed E-state index contributed by atoms with van der Waals surface area (Å²) in [7, 11) is 0. The Kier molecular flexibility index (Phi) is 13.2. The fourth-order valence-electron chi connectivity index (χ4n) is 0.589. The van der Waals surface area contributed by atoms with E-state index in [9.17, 15) is 0 Å². The van der Waals surface area contributed by atoms with Crippen LogP contribution in [0.4, 0.5) is 0 Å². The standard InChI is InChI=1S/C5H8.C2H6.CH4/c1-2-4-5-3-1;1-2;/h1-2H,3-5H2;1-2H3;1H4. The Morgan fingerprint density at radius 3 is 1.50 bits per heavy atom. The lowest BCUT2D eigenvalue weighted by atomic mass is 10.4. The third-order valence-electron chi connectivity index (χ3n) is 0.908. The zero-order valence-electron chi connectivity index (χ0n) is 5.28. The van der Waals surface area contributed by atoms with Crippen molar-refractivity contribution >= 4 is 0 Å². The third-order valence-corrected chi connectivity index (χ3v) is 0.908. The normalized spacial score (nSPS) is 13.8. The molecule has 1 rings (SSSR count). The van der Waals surface area contributed by atoms with E-state index in [4.69, 9.17) is 0 Å². The SMILES string of the molecule is C.C1=CCCC1.CC. The van der Waals surface area contributed by atoms with Gasteiger partial charge in [0.2, 0.25) is 0 Å². The van der Waals surface area contributed by atoms with E-state index in [2.05, 4.69) is 12.2 Å². The van der Waals surface area contributed by atoms with Gasteiger partial charge in [-0.1, -0.05) is 33.4 Å². The van der Waals surface area contributed by atoms with Crippen LogP contribution >= 0.6 is 0 Å². The largest absolute Gasteiger partial charge is 0.0885 e. The van der Waals surface area contributed by atoms with Crippen molar-refractivity contribution in [2.24, 2.45) is 0 Å². The maximum absolute atomic E-state index is 2.24. The van der Waals surface area contributed by atoms with Gasteiger partial charge in [-0.05, 0) is 19.3 Å². The predicted molar refractivity (Wildman–Crippen MR) is 41.1 cm³/mol. The van der Waals surface area contributed by atoms with Gasteiger partial charge >= 0.3 is 0 Å². The lowest BCUT2D eigenvalue weighted by Gasteiger charge is -1.69. The highest BCUT2D eigenvalue weighted by atomic mass is 13.9. The second-order valence-corrected chi connectivity index (χ2v) is 1.40. The first kappa shape index (κ1) is 10.7. The molecule has 0 aromatic heterocycles. The van der Waals surface area contributed by atoms with E-state index in [1.54, 1.807) is 0 Å². The van der Waals surface area contributed by atoms with Crippen LogP contribution in [0.3, 0.4) is 0 Å². The van der Waals surface area contributed by atoms with E-state index in [0.717, 1.165) is 0 Å². The molecule has 0 N–H and O–H groups in total. The monoisotopic (exact) mass is 114 g/mol. The van der Waals surface area contributed by atoms with Crippen molar-refractivity contribution in [3.05, 3.63) is 12.2 Å². The fraction of sp³-hybridized carbons (Fsp3) is 0.750. The van der Waals surface area contributed by atoms with Crippen LogP contribution in [0.2, 0.25) is 0 Å². The molecule has 0 fully saturated rings. The molecular weight excluding hydrogens is 96.1 g/mol. The molecular formula is C8H18. The lowest BCUT2D eigenvalue weighted by Crippen LogP contribution is -1.50. The van der Waals surface area contributed by atoms with Gasteiger partial charge in [-0.2, -0.15) is 0 Å². The molecule has 0 unspecified atom stereocenters. The third kappa shape index (κ3) is 5.74. The maximum atomic E-state index is 2.24. The number of allylic oxidation sites excluding steroid dienone is 2. The van der Waals surface area contributed by atoms with Crippen molar-refractivity contribution in [1.29, 1.82) is 0 Å². The Morgan fingerprint density at radius 2 is 1.38 bits per heavy atom. The van der Waals surface area contributed by atoms with Gasteiger partial charge in [0, 0.05) is 0 Å². The van der Waals surface area contributed by atoms with Crippen molar-refractivity contribution in [3.8, 4) is 0 Å². The molecule has 0 radical (unpaired) electrons. The molecule has 0 saturated carbocycles. The summed E-state index contributed by atoms with van der Waals surface area (Å²) < 4.78 is 0. The van der Waals surface area contributed by atoms with Crippen LogP contribution in [-0.2, 0) is 0 Å². The summed E-state index contributed by atoms with van der Waals surface area (Å²) in [5.41, 5.74) is 0. The van der Waals surface area contributed by atoms with Crippen LogP contribution < -0.4 is 0 Å².